The summed E-state index contributed by atoms with van der Waals surface area (Å²) in [5.74, 6) is 0. The quantitative estimate of drug-likeness (QED) is 0.596. The molecule has 0 N–H and O–H groups in total. The van der Waals surface area contributed by atoms with Crippen molar-refractivity contribution in [1.29, 1.82) is 0 Å². The average molecular weight is 258 g/mol. The van der Waals surface area contributed by atoms with Crippen LogP contribution in [-0.4, -0.2) is 0 Å². The predicted octanol–water partition coefficient (Wildman–Crippen LogP) is 2.19. The van der Waals surface area contributed by atoms with Crippen molar-refractivity contribution in [2.24, 2.45) is 0 Å². The summed E-state index contributed by atoms with van der Waals surface area (Å²) < 4.78 is 8.00. The predicted molar refractivity (Wildman–Crippen MR) is 61.2 cm³/mol. The molecule has 0 spiro atoms. The van der Waals surface area contributed by atoms with Gasteiger partial charge in [0.05, 0.1) is 0 Å². The van der Waals surface area contributed by atoms with Gasteiger partial charge in [0.25, 0.3) is 0 Å². The maximum atomic E-state index is 8.00. The van der Waals surface area contributed by atoms with Gasteiger partial charge in [-0.15, -0.1) is 0 Å². The Hall–Kier alpha value is -0.811. The van der Waals surface area contributed by atoms with Crippen molar-refractivity contribution in [2.75, 3.05) is 0 Å². The Labute approximate surface area is 99.7 Å². The van der Waals surface area contributed by atoms with Crippen LogP contribution in [0.15, 0.2) is 60.7 Å². The van der Waals surface area contributed by atoms with E-state index in [4.69, 9.17) is 3.83 Å². The monoisotopic (exact) mass is 258 g/mol. The van der Waals surface area contributed by atoms with Gasteiger partial charge in [0.15, 0.2) is 0 Å². The van der Waals surface area contributed by atoms with Crippen LogP contribution in [0.4, 0.5) is 0 Å². The van der Waals surface area contributed by atoms with Crippen LogP contribution in [0.3, 0.4) is 0 Å². The fourth-order valence-electron chi connectivity index (χ4n) is 1.21. The Balaban J connectivity index is 0.000000531. The second kappa shape index (κ2) is 7.48. The van der Waals surface area contributed by atoms with Gasteiger partial charge in [-0.3, -0.25) is 0 Å². The molecule has 0 fully saturated rings. The smallest absolute Gasteiger partial charge is 0.0226 e. The number of hydrogen-bond donors (Lipinski definition) is 0. The molecule has 0 saturated heterocycles. The van der Waals surface area contributed by atoms with Crippen molar-refractivity contribution in [1.82, 2.24) is 0 Å². The molecule has 0 aliphatic carbocycles. The van der Waals surface area contributed by atoms with Gasteiger partial charge in [0.1, 0.15) is 0 Å². The second-order valence-corrected chi connectivity index (χ2v) is 4.26. The molecule has 0 radical (unpaired) electrons. The van der Waals surface area contributed by atoms with Gasteiger partial charge in [-0.25, -0.2) is 0 Å². The third-order valence-corrected chi connectivity index (χ3v) is 3.08. The van der Waals surface area contributed by atoms with Gasteiger partial charge < -0.3 is 0 Å². The molecule has 2 rings (SSSR count). The first-order valence-corrected chi connectivity index (χ1v) is 5.92. The molecule has 0 bridgehead atoms. The third-order valence-electron chi connectivity index (χ3n) is 1.84. The summed E-state index contributed by atoms with van der Waals surface area (Å²) in [4.78, 5) is 0. The number of rotatable bonds is 2. The largest absolute Gasteiger partial charge is 0.0622 e. The SMILES string of the molecule is [O]=[Fe].c1ccc(Pc2ccccc2)cc1. The normalized spacial score (nSPS) is 8.87. The molecule has 3 heteroatoms. The van der Waals surface area contributed by atoms with Crippen molar-refractivity contribution >= 4 is 19.2 Å². The van der Waals surface area contributed by atoms with Gasteiger partial charge in [0.2, 0.25) is 0 Å². The molecule has 78 valence electrons. The van der Waals surface area contributed by atoms with Crippen LogP contribution in [0.25, 0.3) is 0 Å². The van der Waals surface area contributed by atoms with E-state index in [-0.39, 0.29) is 0 Å². The molecule has 15 heavy (non-hydrogen) atoms. The minimum absolute atomic E-state index is 0.777. The molecular weight excluding hydrogens is 247 g/mol. The third kappa shape index (κ3) is 4.48. The van der Waals surface area contributed by atoms with Crippen molar-refractivity contribution in [3.63, 3.8) is 0 Å². The van der Waals surface area contributed by atoms with E-state index in [0.29, 0.717) is 0 Å². The zero-order valence-corrected chi connectivity index (χ0v) is 10.1. The summed E-state index contributed by atoms with van der Waals surface area (Å²) in [6, 6.07) is 21.2. The summed E-state index contributed by atoms with van der Waals surface area (Å²) in [5.41, 5.74) is 0. The topological polar surface area (TPSA) is 17.1 Å². The Kier molecular flexibility index (Phi) is 6.11. The zero-order valence-electron chi connectivity index (χ0n) is 8.04. The Morgan fingerprint density at radius 1 is 0.667 bits per heavy atom. The first-order chi connectivity index (χ1) is 7.45. The van der Waals surface area contributed by atoms with Crippen LogP contribution in [0.2, 0.25) is 0 Å². The van der Waals surface area contributed by atoms with Crippen LogP contribution in [0.5, 0.6) is 0 Å². The molecule has 0 atom stereocenters. The first kappa shape index (κ1) is 12.3. The molecular formula is C12H11FeOP. The minimum Gasteiger partial charge on any atom is -0.0622 e. The van der Waals surface area contributed by atoms with E-state index >= 15 is 0 Å². The Morgan fingerprint density at radius 2 is 1.00 bits per heavy atom. The van der Waals surface area contributed by atoms with E-state index in [2.05, 4.69) is 60.7 Å². The molecule has 0 aliphatic heterocycles. The van der Waals surface area contributed by atoms with Gasteiger partial charge in [-0.2, -0.15) is 0 Å². The maximum Gasteiger partial charge on any atom is -0.0226 e. The second-order valence-electron chi connectivity index (χ2n) is 2.86. The molecule has 0 aliphatic rings. The van der Waals surface area contributed by atoms with E-state index < -0.39 is 0 Å². The van der Waals surface area contributed by atoms with Crippen molar-refractivity contribution in [3.8, 4) is 0 Å². The van der Waals surface area contributed by atoms with Crippen molar-refractivity contribution in [2.45, 2.75) is 0 Å². The van der Waals surface area contributed by atoms with E-state index in [0.717, 1.165) is 8.58 Å². The minimum atomic E-state index is 0.777. The fourth-order valence-corrected chi connectivity index (χ4v) is 2.26. The maximum absolute atomic E-state index is 8.00. The van der Waals surface area contributed by atoms with Crippen LogP contribution in [-0.2, 0) is 19.8 Å². The van der Waals surface area contributed by atoms with Gasteiger partial charge in [-0.05, 0) is 10.6 Å². The summed E-state index contributed by atoms with van der Waals surface area (Å²) >= 11 is 2.00. The number of benzene rings is 2. The molecule has 2 aromatic rings. The summed E-state index contributed by atoms with van der Waals surface area (Å²) in [5, 5.41) is 2.79. The molecule has 0 amide bonds. The molecule has 0 heterocycles. The van der Waals surface area contributed by atoms with Crippen molar-refractivity contribution in [3.05, 3.63) is 60.7 Å². The van der Waals surface area contributed by atoms with E-state index in [9.17, 15) is 0 Å². The van der Waals surface area contributed by atoms with Crippen LogP contribution in [0, 0.1) is 0 Å². The van der Waals surface area contributed by atoms with Gasteiger partial charge in [0, 0.05) is 0 Å². The molecule has 1 nitrogen and oxygen atoms in total. The average Bonchev–Trinajstić information content (AvgIpc) is 2.34. The molecule has 0 aromatic heterocycles. The van der Waals surface area contributed by atoms with Gasteiger partial charge >= 0.3 is 19.8 Å². The summed E-state index contributed by atoms with van der Waals surface area (Å²) in [7, 11) is 0.777. The van der Waals surface area contributed by atoms with Gasteiger partial charge in [-0.1, -0.05) is 69.2 Å². The fraction of sp³-hybridized carbons (Fsp3) is 0. The van der Waals surface area contributed by atoms with E-state index in [1.165, 1.54) is 10.6 Å². The van der Waals surface area contributed by atoms with Crippen LogP contribution in [0.1, 0.15) is 0 Å². The summed E-state index contributed by atoms with van der Waals surface area (Å²) in [6.45, 7) is 0. The molecule has 0 unspecified atom stereocenters. The van der Waals surface area contributed by atoms with E-state index in [1.54, 1.807) is 0 Å². The molecule has 2 aromatic carbocycles. The molecule has 0 saturated carbocycles. The first-order valence-electron chi connectivity index (χ1n) is 4.47. The van der Waals surface area contributed by atoms with E-state index in [1.807, 2.05) is 15.9 Å². The Morgan fingerprint density at radius 3 is 1.33 bits per heavy atom. The van der Waals surface area contributed by atoms with Crippen molar-refractivity contribution < 1.29 is 19.8 Å². The van der Waals surface area contributed by atoms with Crippen LogP contribution >= 0.6 is 8.58 Å². The number of hydrogen-bond acceptors (Lipinski definition) is 1. The standard InChI is InChI=1S/C12H11P.Fe.O/c1-3-7-11(8-4-1)13-12-9-5-2-6-10-12;;/h1-10,13H;;. The Bertz CT molecular complexity index is 340. The zero-order chi connectivity index (χ0) is 10.9. The summed E-state index contributed by atoms with van der Waals surface area (Å²) in [6.07, 6.45) is 0. The van der Waals surface area contributed by atoms with Crippen LogP contribution < -0.4 is 10.6 Å².